The lowest BCUT2D eigenvalue weighted by atomic mass is 9.47. The summed E-state index contributed by atoms with van der Waals surface area (Å²) in [6, 6.07) is 0. The molecule has 0 bridgehead atoms. The number of esters is 1. The van der Waals surface area contributed by atoms with Crippen LogP contribution in [0.3, 0.4) is 0 Å². The third kappa shape index (κ3) is 3.40. The van der Waals surface area contributed by atoms with Crippen molar-refractivity contribution in [3.63, 3.8) is 0 Å². The maximum atomic E-state index is 12.2. The molecule has 0 aromatic rings. The molecule has 5 atom stereocenters. The van der Waals surface area contributed by atoms with E-state index in [4.69, 9.17) is 4.74 Å². The van der Waals surface area contributed by atoms with Crippen molar-refractivity contribution in [2.75, 3.05) is 0 Å². The summed E-state index contributed by atoms with van der Waals surface area (Å²) in [7, 11) is 0. The highest BCUT2D eigenvalue weighted by Gasteiger charge is 2.58. The molecule has 4 aliphatic rings. The summed E-state index contributed by atoms with van der Waals surface area (Å²) in [6.07, 6.45) is 12.8. The topological polar surface area (TPSA) is 60.4 Å². The first kappa shape index (κ1) is 21.5. The summed E-state index contributed by atoms with van der Waals surface area (Å²) in [4.78, 5) is 36.1. The number of carbonyl (C=O) groups excluding carboxylic acids is 3. The van der Waals surface area contributed by atoms with E-state index in [9.17, 15) is 14.4 Å². The van der Waals surface area contributed by atoms with Gasteiger partial charge in [0.25, 0.3) is 0 Å². The Morgan fingerprint density at radius 1 is 1.10 bits per heavy atom. The zero-order valence-corrected chi connectivity index (χ0v) is 18.8. The van der Waals surface area contributed by atoms with E-state index in [-0.39, 0.29) is 16.8 Å². The van der Waals surface area contributed by atoms with E-state index in [1.165, 1.54) is 5.57 Å². The maximum Gasteiger partial charge on any atom is 0.311 e. The summed E-state index contributed by atoms with van der Waals surface area (Å²) in [5.74, 6) is 2.10. The second kappa shape index (κ2) is 8.09. The first-order valence-electron chi connectivity index (χ1n) is 12.0. The standard InChI is InChI=1S/C26H36O4/c1-4-5-6-24(29)30-23(16-27)22-10-9-20-19-8-7-17-15-18(28)11-13-25(17,2)21(19)12-14-26(20,22)3/h15-16,19-21H,4-14H2,1-3H3/t19-,20-,21-,25-,26-/m0/s1. The molecule has 4 aliphatic carbocycles. The molecule has 4 rings (SSSR count). The highest BCUT2D eigenvalue weighted by atomic mass is 16.5. The number of hydrogen-bond donors (Lipinski definition) is 0. The number of allylic oxidation sites excluding steroid dienone is 3. The molecule has 0 amide bonds. The summed E-state index contributed by atoms with van der Waals surface area (Å²) < 4.78 is 5.58. The molecule has 0 N–H and O–H groups in total. The second-order valence-electron chi connectivity index (χ2n) is 10.5. The summed E-state index contributed by atoms with van der Waals surface area (Å²) >= 11 is 0. The van der Waals surface area contributed by atoms with Crippen LogP contribution in [0.25, 0.3) is 0 Å². The van der Waals surface area contributed by atoms with Crippen LogP contribution >= 0.6 is 0 Å². The van der Waals surface area contributed by atoms with Crippen molar-refractivity contribution in [3.05, 3.63) is 23.0 Å². The SMILES string of the molecule is CCCCC(=O)OC(C=O)=C1CC[C@H]2[C@@H]3CCC4=CC(=O)CC[C@]4(C)[C@H]3CC[C@]12C. The average molecular weight is 413 g/mol. The fourth-order valence-electron chi connectivity index (χ4n) is 7.43. The number of unbranched alkanes of at least 4 members (excludes halogenated alkanes) is 1. The van der Waals surface area contributed by atoms with Gasteiger partial charge in [0.2, 0.25) is 0 Å². The number of rotatable bonds is 5. The van der Waals surface area contributed by atoms with Crippen molar-refractivity contribution in [1.29, 1.82) is 0 Å². The molecular weight excluding hydrogens is 376 g/mol. The van der Waals surface area contributed by atoms with E-state index in [0.29, 0.717) is 42.1 Å². The monoisotopic (exact) mass is 412 g/mol. The molecule has 0 aliphatic heterocycles. The van der Waals surface area contributed by atoms with E-state index in [2.05, 4.69) is 13.8 Å². The van der Waals surface area contributed by atoms with Crippen molar-refractivity contribution < 1.29 is 19.1 Å². The van der Waals surface area contributed by atoms with Crippen LogP contribution in [-0.4, -0.2) is 18.0 Å². The molecule has 0 unspecified atom stereocenters. The van der Waals surface area contributed by atoms with Crippen molar-refractivity contribution in [1.82, 2.24) is 0 Å². The zero-order valence-electron chi connectivity index (χ0n) is 18.8. The van der Waals surface area contributed by atoms with Crippen LogP contribution < -0.4 is 0 Å². The zero-order chi connectivity index (χ0) is 21.5. The van der Waals surface area contributed by atoms with Crippen LogP contribution in [0.5, 0.6) is 0 Å². The first-order chi connectivity index (χ1) is 14.3. The molecule has 30 heavy (non-hydrogen) atoms. The number of carbonyl (C=O) groups is 3. The third-order valence-corrected chi connectivity index (χ3v) is 9.11. The molecule has 0 heterocycles. The molecule has 0 aromatic heterocycles. The van der Waals surface area contributed by atoms with Gasteiger partial charge in [0.15, 0.2) is 17.8 Å². The molecule has 3 fully saturated rings. The lowest BCUT2D eigenvalue weighted by Crippen LogP contribution is -2.49. The summed E-state index contributed by atoms with van der Waals surface area (Å²) in [5, 5.41) is 0. The molecule has 3 saturated carbocycles. The molecule has 4 heteroatoms. The molecule has 0 aromatic carbocycles. The minimum Gasteiger partial charge on any atom is -0.423 e. The molecule has 4 nitrogen and oxygen atoms in total. The minimum absolute atomic E-state index is 0.0511. The lowest BCUT2D eigenvalue weighted by Gasteiger charge is -2.57. The Balaban J connectivity index is 1.59. The summed E-state index contributed by atoms with van der Waals surface area (Å²) in [5.41, 5.74) is 2.57. The Morgan fingerprint density at radius 2 is 1.87 bits per heavy atom. The normalized spacial score (nSPS) is 39.4. The Kier molecular flexibility index (Phi) is 5.80. The van der Waals surface area contributed by atoms with Crippen molar-refractivity contribution in [3.8, 4) is 0 Å². The number of hydrogen-bond acceptors (Lipinski definition) is 4. The van der Waals surface area contributed by atoms with Gasteiger partial charge in [0.1, 0.15) is 0 Å². The van der Waals surface area contributed by atoms with Crippen LogP contribution in [0.2, 0.25) is 0 Å². The number of aldehydes is 1. The van der Waals surface area contributed by atoms with E-state index >= 15 is 0 Å². The van der Waals surface area contributed by atoms with Crippen LogP contribution in [-0.2, 0) is 19.1 Å². The average Bonchev–Trinajstić information content (AvgIpc) is 3.08. The molecule has 164 valence electrons. The van der Waals surface area contributed by atoms with Crippen molar-refractivity contribution in [2.45, 2.75) is 91.4 Å². The van der Waals surface area contributed by atoms with Gasteiger partial charge in [0.05, 0.1) is 0 Å². The lowest BCUT2D eigenvalue weighted by molar-refractivity contribution is -0.141. The van der Waals surface area contributed by atoms with Gasteiger partial charge in [0, 0.05) is 12.8 Å². The third-order valence-electron chi connectivity index (χ3n) is 9.11. The van der Waals surface area contributed by atoms with Gasteiger partial charge in [-0.2, -0.15) is 0 Å². The number of ether oxygens (including phenoxy) is 1. The smallest absolute Gasteiger partial charge is 0.311 e. The van der Waals surface area contributed by atoms with E-state index in [1.807, 2.05) is 13.0 Å². The molecule has 0 saturated heterocycles. The minimum atomic E-state index is -0.279. The maximum absolute atomic E-state index is 12.2. The Bertz CT molecular complexity index is 806. The fourth-order valence-corrected chi connectivity index (χ4v) is 7.43. The van der Waals surface area contributed by atoms with Gasteiger partial charge in [-0.15, -0.1) is 0 Å². The molecule has 0 radical (unpaired) electrons. The number of fused-ring (bicyclic) bond motifs is 5. The summed E-state index contributed by atoms with van der Waals surface area (Å²) in [6.45, 7) is 6.74. The quantitative estimate of drug-likeness (QED) is 0.251. The second-order valence-corrected chi connectivity index (χ2v) is 10.5. The van der Waals surface area contributed by atoms with Crippen LogP contribution in [0.1, 0.15) is 91.4 Å². The van der Waals surface area contributed by atoms with Gasteiger partial charge in [-0.25, -0.2) is 0 Å². The Morgan fingerprint density at radius 3 is 2.60 bits per heavy atom. The van der Waals surface area contributed by atoms with Gasteiger partial charge >= 0.3 is 5.97 Å². The fraction of sp³-hybridized carbons (Fsp3) is 0.731. The molecule has 0 spiro atoms. The van der Waals surface area contributed by atoms with Gasteiger partial charge in [-0.05, 0) is 91.6 Å². The predicted octanol–water partition coefficient (Wildman–Crippen LogP) is 5.70. The molecular formula is C26H36O4. The van der Waals surface area contributed by atoms with E-state index < -0.39 is 0 Å². The van der Waals surface area contributed by atoms with Crippen LogP contribution in [0, 0.1) is 28.6 Å². The van der Waals surface area contributed by atoms with Crippen molar-refractivity contribution >= 4 is 18.0 Å². The van der Waals surface area contributed by atoms with Crippen molar-refractivity contribution in [2.24, 2.45) is 28.6 Å². The highest BCUT2D eigenvalue weighted by molar-refractivity contribution is 5.91. The Hall–Kier alpha value is -1.71. The Labute approximate surface area is 180 Å². The van der Waals surface area contributed by atoms with E-state index in [1.54, 1.807) is 0 Å². The van der Waals surface area contributed by atoms with E-state index in [0.717, 1.165) is 69.6 Å². The number of ketones is 1. The van der Waals surface area contributed by atoms with Gasteiger partial charge in [-0.1, -0.05) is 32.8 Å². The van der Waals surface area contributed by atoms with Gasteiger partial charge in [-0.3, -0.25) is 14.4 Å². The largest absolute Gasteiger partial charge is 0.423 e. The highest BCUT2D eigenvalue weighted by Crippen LogP contribution is 2.66. The predicted molar refractivity (Wildman–Crippen MR) is 115 cm³/mol. The van der Waals surface area contributed by atoms with Crippen LogP contribution in [0.15, 0.2) is 23.0 Å². The van der Waals surface area contributed by atoms with Crippen LogP contribution in [0.4, 0.5) is 0 Å². The first-order valence-corrected chi connectivity index (χ1v) is 12.0. The van der Waals surface area contributed by atoms with Gasteiger partial charge < -0.3 is 4.74 Å².